The van der Waals surface area contributed by atoms with Gasteiger partial charge in [0.2, 0.25) is 5.91 Å². The highest BCUT2D eigenvalue weighted by molar-refractivity contribution is 5.86. The zero-order valence-electron chi connectivity index (χ0n) is 10.9. The molecular weight excluding hydrogens is 228 g/mol. The molecule has 1 heterocycles. The van der Waals surface area contributed by atoms with Gasteiger partial charge in [0.25, 0.3) is 0 Å². The van der Waals surface area contributed by atoms with E-state index in [1.54, 1.807) is 6.26 Å². The average molecular weight is 250 g/mol. The van der Waals surface area contributed by atoms with Crippen molar-refractivity contribution in [1.29, 1.82) is 0 Å². The lowest BCUT2D eigenvalue weighted by atomic mass is 9.97. The van der Waals surface area contributed by atoms with Crippen LogP contribution >= 0.6 is 0 Å². The molecule has 100 valence electrons. The Morgan fingerprint density at radius 3 is 2.89 bits per heavy atom. The molecule has 0 radical (unpaired) electrons. The number of nitrogens with one attached hydrogen (secondary N) is 1. The van der Waals surface area contributed by atoms with Crippen LogP contribution in [0.15, 0.2) is 22.8 Å². The Morgan fingerprint density at radius 1 is 1.56 bits per heavy atom. The van der Waals surface area contributed by atoms with E-state index in [0.717, 1.165) is 44.3 Å². The van der Waals surface area contributed by atoms with Crippen LogP contribution < -0.4 is 11.1 Å². The molecule has 0 bridgehead atoms. The summed E-state index contributed by atoms with van der Waals surface area (Å²) in [5, 5.41) is 3.02. The summed E-state index contributed by atoms with van der Waals surface area (Å²) < 4.78 is 5.27. The molecule has 1 unspecified atom stereocenters. The second-order valence-corrected chi connectivity index (χ2v) is 5.36. The van der Waals surface area contributed by atoms with Crippen LogP contribution in [0.25, 0.3) is 0 Å². The van der Waals surface area contributed by atoms with Crippen LogP contribution in [0.3, 0.4) is 0 Å². The monoisotopic (exact) mass is 250 g/mol. The molecule has 2 rings (SSSR count). The van der Waals surface area contributed by atoms with Crippen molar-refractivity contribution in [3.05, 3.63) is 24.2 Å². The summed E-state index contributed by atoms with van der Waals surface area (Å²) in [5.41, 5.74) is 5.49. The number of rotatable bonds is 5. The van der Waals surface area contributed by atoms with Crippen LogP contribution in [0.5, 0.6) is 0 Å². The molecule has 0 aromatic carbocycles. The predicted octanol–water partition coefficient (Wildman–Crippen LogP) is 1.99. The first-order chi connectivity index (χ1) is 8.60. The zero-order chi connectivity index (χ0) is 13.0. The number of carbonyl (C=O) groups excluding carboxylic acids is 1. The van der Waals surface area contributed by atoms with Gasteiger partial charge in [-0.25, -0.2) is 0 Å². The van der Waals surface area contributed by atoms with Gasteiger partial charge in [-0.15, -0.1) is 0 Å². The van der Waals surface area contributed by atoms with Crippen LogP contribution in [-0.4, -0.2) is 17.5 Å². The Balaban J connectivity index is 1.76. The summed E-state index contributed by atoms with van der Waals surface area (Å²) in [5.74, 6) is 0.964. The molecule has 1 aromatic rings. The Bertz CT molecular complexity index is 381. The van der Waals surface area contributed by atoms with Crippen molar-refractivity contribution in [3.63, 3.8) is 0 Å². The van der Waals surface area contributed by atoms with Crippen molar-refractivity contribution in [1.82, 2.24) is 5.32 Å². The molecule has 0 saturated heterocycles. The minimum Gasteiger partial charge on any atom is -0.469 e. The molecule has 3 N–H and O–H groups in total. The predicted molar refractivity (Wildman–Crippen MR) is 70.0 cm³/mol. The molecule has 1 aromatic heterocycles. The molecule has 1 aliphatic carbocycles. The van der Waals surface area contributed by atoms with Gasteiger partial charge in [-0.1, -0.05) is 12.8 Å². The quantitative estimate of drug-likeness (QED) is 0.839. The molecule has 1 aliphatic rings. The van der Waals surface area contributed by atoms with Crippen LogP contribution in [-0.2, 0) is 11.2 Å². The summed E-state index contributed by atoms with van der Waals surface area (Å²) in [4.78, 5) is 12.1. The number of hydrogen-bond acceptors (Lipinski definition) is 3. The second-order valence-electron chi connectivity index (χ2n) is 5.36. The first kappa shape index (κ1) is 13.1. The fraction of sp³-hybridized carbons (Fsp3) is 0.643. The summed E-state index contributed by atoms with van der Waals surface area (Å²) in [6.45, 7) is 2.01. The van der Waals surface area contributed by atoms with Gasteiger partial charge in [-0.3, -0.25) is 4.79 Å². The molecule has 1 atom stereocenters. The number of nitrogens with two attached hydrogens (primary N) is 1. The molecule has 4 nitrogen and oxygen atoms in total. The lowest BCUT2D eigenvalue weighted by Crippen LogP contribution is -2.54. The summed E-state index contributed by atoms with van der Waals surface area (Å²) >= 11 is 0. The largest absolute Gasteiger partial charge is 0.469 e. The minimum atomic E-state index is -0.626. The van der Waals surface area contributed by atoms with Gasteiger partial charge >= 0.3 is 0 Å². The number of hydrogen-bond donors (Lipinski definition) is 2. The molecular formula is C14H22N2O2. The maximum Gasteiger partial charge on any atom is 0.240 e. The third-order valence-corrected chi connectivity index (χ3v) is 3.73. The van der Waals surface area contributed by atoms with E-state index < -0.39 is 5.54 Å². The van der Waals surface area contributed by atoms with Crippen molar-refractivity contribution in [3.8, 4) is 0 Å². The van der Waals surface area contributed by atoms with Crippen molar-refractivity contribution < 1.29 is 9.21 Å². The van der Waals surface area contributed by atoms with Crippen molar-refractivity contribution in [2.75, 3.05) is 0 Å². The third kappa shape index (κ3) is 3.13. The molecule has 1 amide bonds. The smallest absolute Gasteiger partial charge is 0.240 e. The van der Waals surface area contributed by atoms with Crippen LogP contribution in [0.2, 0.25) is 0 Å². The number of aryl methyl sites for hydroxylation is 1. The first-order valence-corrected chi connectivity index (χ1v) is 6.72. The number of carbonyl (C=O) groups is 1. The van der Waals surface area contributed by atoms with E-state index in [2.05, 4.69) is 5.32 Å². The van der Waals surface area contributed by atoms with Gasteiger partial charge in [0.05, 0.1) is 11.8 Å². The first-order valence-electron chi connectivity index (χ1n) is 6.72. The standard InChI is InChI=1S/C14H22N2O2/c1-11(6-7-12-5-4-10-18-12)16-13(17)14(15)8-2-3-9-14/h4-5,10-11H,2-3,6-9,15H2,1H3,(H,16,17). The highest BCUT2D eigenvalue weighted by Crippen LogP contribution is 2.27. The topological polar surface area (TPSA) is 68.3 Å². The van der Waals surface area contributed by atoms with E-state index in [4.69, 9.17) is 10.2 Å². The number of furan rings is 1. The van der Waals surface area contributed by atoms with Crippen LogP contribution in [0.1, 0.15) is 44.8 Å². The van der Waals surface area contributed by atoms with E-state index >= 15 is 0 Å². The third-order valence-electron chi connectivity index (χ3n) is 3.73. The fourth-order valence-corrected chi connectivity index (χ4v) is 2.49. The van der Waals surface area contributed by atoms with E-state index in [0.29, 0.717) is 0 Å². The summed E-state index contributed by atoms with van der Waals surface area (Å²) in [6.07, 6.45) is 7.12. The van der Waals surface area contributed by atoms with Crippen molar-refractivity contribution >= 4 is 5.91 Å². The van der Waals surface area contributed by atoms with Gasteiger partial charge in [0.1, 0.15) is 5.76 Å². The molecule has 1 fully saturated rings. The van der Waals surface area contributed by atoms with Crippen LogP contribution in [0, 0.1) is 0 Å². The second kappa shape index (κ2) is 5.57. The zero-order valence-corrected chi connectivity index (χ0v) is 10.9. The lowest BCUT2D eigenvalue weighted by molar-refractivity contribution is -0.126. The SMILES string of the molecule is CC(CCc1ccco1)NC(=O)C1(N)CCCC1. The van der Waals surface area contributed by atoms with Gasteiger partial charge in [-0.05, 0) is 38.3 Å². The van der Waals surface area contributed by atoms with E-state index in [-0.39, 0.29) is 11.9 Å². The Hall–Kier alpha value is -1.29. The number of amides is 1. The van der Waals surface area contributed by atoms with Gasteiger partial charge in [-0.2, -0.15) is 0 Å². The Kier molecular flexibility index (Phi) is 4.07. The van der Waals surface area contributed by atoms with Gasteiger partial charge < -0.3 is 15.5 Å². The average Bonchev–Trinajstić information content (AvgIpc) is 2.98. The Labute approximate surface area is 108 Å². The van der Waals surface area contributed by atoms with Gasteiger partial charge in [0, 0.05) is 12.5 Å². The molecule has 4 heteroatoms. The molecule has 18 heavy (non-hydrogen) atoms. The molecule has 0 spiro atoms. The van der Waals surface area contributed by atoms with E-state index in [9.17, 15) is 4.79 Å². The highest BCUT2D eigenvalue weighted by Gasteiger charge is 2.37. The van der Waals surface area contributed by atoms with Gasteiger partial charge in [0.15, 0.2) is 0 Å². The lowest BCUT2D eigenvalue weighted by Gasteiger charge is -2.25. The van der Waals surface area contributed by atoms with Crippen molar-refractivity contribution in [2.24, 2.45) is 5.73 Å². The fourth-order valence-electron chi connectivity index (χ4n) is 2.49. The van der Waals surface area contributed by atoms with E-state index in [1.165, 1.54) is 0 Å². The summed E-state index contributed by atoms with van der Waals surface area (Å²) in [6, 6.07) is 3.96. The molecule has 0 aliphatic heterocycles. The minimum absolute atomic E-state index is 0.00643. The summed E-state index contributed by atoms with van der Waals surface area (Å²) in [7, 11) is 0. The van der Waals surface area contributed by atoms with Crippen LogP contribution in [0.4, 0.5) is 0 Å². The maximum atomic E-state index is 12.1. The molecule has 1 saturated carbocycles. The van der Waals surface area contributed by atoms with Crippen molar-refractivity contribution in [2.45, 2.75) is 57.0 Å². The highest BCUT2D eigenvalue weighted by atomic mass is 16.3. The van der Waals surface area contributed by atoms with E-state index in [1.807, 2.05) is 19.1 Å². The Morgan fingerprint density at radius 2 is 2.28 bits per heavy atom. The normalized spacial score (nSPS) is 19.7. The maximum absolute atomic E-state index is 12.1.